The van der Waals surface area contributed by atoms with Crippen molar-refractivity contribution in [2.75, 3.05) is 4.90 Å². The van der Waals surface area contributed by atoms with Gasteiger partial charge >= 0.3 is 0 Å². The summed E-state index contributed by atoms with van der Waals surface area (Å²) in [5.74, 6) is 0.599. The standard InChI is InChI=1S/C52H39N/c1-51(2)45-20-10-6-16-39(45)43-30-28-37(32-49(43)51)53(36-26-24-35(25-27-36)34-14-4-3-5-15-34)38-29-31-44-42-19-9-13-23-48(42)52(50(44)33-38)46-21-11-7-17-40(46)41-18-8-12-22-47(41)52/h3-33,42,48H,1-2H3. The molecular formula is C52H39N. The van der Waals surface area contributed by atoms with Crippen molar-refractivity contribution in [1.82, 2.24) is 0 Å². The molecule has 4 aliphatic carbocycles. The summed E-state index contributed by atoms with van der Waals surface area (Å²) in [5.41, 5.74) is 19.4. The van der Waals surface area contributed by atoms with Gasteiger partial charge in [-0.25, -0.2) is 0 Å². The second kappa shape index (κ2) is 11.2. The number of hydrogen-bond donors (Lipinski definition) is 0. The maximum Gasteiger partial charge on any atom is 0.0538 e. The Morgan fingerprint density at radius 2 is 0.925 bits per heavy atom. The van der Waals surface area contributed by atoms with Gasteiger partial charge in [0.15, 0.2) is 0 Å². The molecule has 2 unspecified atom stereocenters. The number of benzene rings is 7. The molecule has 2 atom stereocenters. The highest BCUT2D eigenvalue weighted by atomic mass is 15.1. The van der Waals surface area contributed by atoms with Gasteiger partial charge < -0.3 is 4.90 Å². The van der Waals surface area contributed by atoms with Gasteiger partial charge in [0.05, 0.1) is 5.41 Å². The summed E-state index contributed by atoms with van der Waals surface area (Å²) in [6, 6.07) is 61.5. The van der Waals surface area contributed by atoms with Gasteiger partial charge in [-0.2, -0.15) is 0 Å². The highest BCUT2D eigenvalue weighted by molar-refractivity contribution is 5.89. The number of rotatable bonds is 4. The molecule has 0 fully saturated rings. The van der Waals surface area contributed by atoms with Crippen molar-refractivity contribution in [2.24, 2.45) is 5.92 Å². The molecule has 4 aliphatic rings. The topological polar surface area (TPSA) is 3.24 Å². The average molecular weight is 678 g/mol. The number of hydrogen-bond acceptors (Lipinski definition) is 1. The molecule has 0 aliphatic heterocycles. The lowest BCUT2D eigenvalue weighted by atomic mass is 9.65. The van der Waals surface area contributed by atoms with Crippen molar-refractivity contribution in [1.29, 1.82) is 0 Å². The molecular weight excluding hydrogens is 639 g/mol. The van der Waals surface area contributed by atoms with Gasteiger partial charge in [-0.15, -0.1) is 0 Å². The van der Waals surface area contributed by atoms with E-state index in [1.807, 2.05) is 0 Å². The molecule has 1 heteroatoms. The van der Waals surface area contributed by atoms with Gasteiger partial charge in [0.1, 0.15) is 0 Å². The fourth-order valence-electron chi connectivity index (χ4n) is 10.4. The first-order valence-corrected chi connectivity index (χ1v) is 18.9. The Morgan fingerprint density at radius 1 is 0.415 bits per heavy atom. The Balaban J connectivity index is 1.14. The van der Waals surface area contributed by atoms with Crippen LogP contribution in [-0.4, -0.2) is 0 Å². The van der Waals surface area contributed by atoms with Crippen molar-refractivity contribution in [3.63, 3.8) is 0 Å². The molecule has 252 valence electrons. The van der Waals surface area contributed by atoms with Crippen LogP contribution >= 0.6 is 0 Å². The van der Waals surface area contributed by atoms with E-state index in [0.717, 1.165) is 5.69 Å². The van der Waals surface area contributed by atoms with E-state index < -0.39 is 0 Å². The van der Waals surface area contributed by atoms with Crippen molar-refractivity contribution in [3.8, 4) is 33.4 Å². The largest absolute Gasteiger partial charge is 0.310 e. The van der Waals surface area contributed by atoms with Gasteiger partial charge in [0.25, 0.3) is 0 Å². The second-order valence-electron chi connectivity index (χ2n) is 15.6. The molecule has 7 aromatic carbocycles. The Bertz CT molecular complexity index is 2610. The Hall–Kier alpha value is -6.18. The highest BCUT2D eigenvalue weighted by Crippen LogP contribution is 2.65. The molecule has 0 aromatic heterocycles. The minimum atomic E-state index is -0.283. The van der Waals surface area contributed by atoms with Crippen LogP contribution < -0.4 is 4.90 Å². The predicted molar refractivity (Wildman–Crippen MR) is 220 cm³/mol. The molecule has 0 saturated heterocycles. The molecule has 0 saturated carbocycles. The Kier molecular flexibility index (Phi) is 6.41. The summed E-state index contributed by atoms with van der Waals surface area (Å²) < 4.78 is 0. The quantitative estimate of drug-likeness (QED) is 0.179. The summed E-state index contributed by atoms with van der Waals surface area (Å²) in [5, 5.41) is 0. The number of fused-ring (bicyclic) bond motifs is 13. The average Bonchev–Trinajstić information content (AvgIpc) is 3.77. The summed E-state index contributed by atoms with van der Waals surface area (Å²) in [4.78, 5) is 2.49. The van der Waals surface area contributed by atoms with E-state index in [2.05, 4.69) is 207 Å². The van der Waals surface area contributed by atoms with Crippen molar-refractivity contribution in [2.45, 2.75) is 30.6 Å². The van der Waals surface area contributed by atoms with E-state index in [1.54, 1.807) is 0 Å². The van der Waals surface area contributed by atoms with Gasteiger partial charge in [0.2, 0.25) is 0 Å². The normalized spacial score (nSPS) is 18.5. The Morgan fingerprint density at radius 3 is 1.62 bits per heavy atom. The fraction of sp³-hybridized carbons (Fsp3) is 0.115. The minimum Gasteiger partial charge on any atom is -0.310 e. The predicted octanol–water partition coefficient (Wildman–Crippen LogP) is 13.3. The van der Waals surface area contributed by atoms with Crippen molar-refractivity contribution < 1.29 is 0 Å². The van der Waals surface area contributed by atoms with Crippen molar-refractivity contribution in [3.05, 3.63) is 221 Å². The lowest BCUT2D eigenvalue weighted by Crippen LogP contribution is -2.33. The molecule has 0 amide bonds. The van der Waals surface area contributed by atoms with Crippen LogP contribution in [0.5, 0.6) is 0 Å². The summed E-state index contributed by atoms with van der Waals surface area (Å²) in [6.07, 6.45) is 9.42. The zero-order valence-electron chi connectivity index (χ0n) is 30.0. The molecule has 1 spiro atoms. The van der Waals surface area contributed by atoms with Crippen LogP contribution in [-0.2, 0) is 10.8 Å². The molecule has 7 aromatic rings. The third-order valence-corrected chi connectivity index (χ3v) is 12.8. The van der Waals surface area contributed by atoms with E-state index in [1.165, 1.54) is 78.1 Å². The van der Waals surface area contributed by atoms with Crippen LogP contribution in [0.15, 0.2) is 188 Å². The van der Waals surface area contributed by atoms with E-state index in [9.17, 15) is 0 Å². The van der Waals surface area contributed by atoms with Crippen molar-refractivity contribution >= 4 is 17.1 Å². The molecule has 11 rings (SSSR count). The lowest BCUT2D eigenvalue weighted by molar-refractivity contribution is 0.465. The number of allylic oxidation sites excluding steroid dienone is 4. The van der Waals surface area contributed by atoms with Gasteiger partial charge in [-0.3, -0.25) is 0 Å². The first-order chi connectivity index (χ1) is 26.0. The molecule has 1 nitrogen and oxygen atoms in total. The van der Waals surface area contributed by atoms with E-state index in [4.69, 9.17) is 0 Å². The van der Waals surface area contributed by atoms with Crippen LogP contribution in [0, 0.1) is 5.92 Å². The molecule has 53 heavy (non-hydrogen) atoms. The molecule has 0 heterocycles. The maximum atomic E-state index is 2.53. The third-order valence-electron chi connectivity index (χ3n) is 12.8. The fourth-order valence-corrected chi connectivity index (χ4v) is 10.4. The minimum absolute atomic E-state index is 0.0988. The number of nitrogens with zero attached hydrogens (tertiary/aromatic N) is 1. The van der Waals surface area contributed by atoms with Crippen LogP contribution in [0.4, 0.5) is 17.1 Å². The molecule has 0 radical (unpaired) electrons. The summed E-state index contributed by atoms with van der Waals surface area (Å²) in [6.45, 7) is 4.74. The first-order valence-electron chi connectivity index (χ1n) is 18.9. The molecule has 0 bridgehead atoms. The zero-order chi connectivity index (χ0) is 35.3. The smallest absolute Gasteiger partial charge is 0.0538 e. The van der Waals surface area contributed by atoms with E-state index in [-0.39, 0.29) is 10.8 Å². The third kappa shape index (κ3) is 4.14. The van der Waals surface area contributed by atoms with Crippen LogP contribution in [0.25, 0.3) is 33.4 Å². The van der Waals surface area contributed by atoms with Crippen LogP contribution in [0.3, 0.4) is 0 Å². The highest BCUT2D eigenvalue weighted by Gasteiger charge is 2.57. The van der Waals surface area contributed by atoms with Gasteiger partial charge in [-0.1, -0.05) is 166 Å². The zero-order valence-corrected chi connectivity index (χ0v) is 30.0. The molecule has 0 N–H and O–H groups in total. The summed E-state index contributed by atoms with van der Waals surface area (Å²) >= 11 is 0. The maximum absolute atomic E-state index is 2.53. The second-order valence-corrected chi connectivity index (χ2v) is 15.6. The summed E-state index contributed by atoms with van der Waals surface area (Å²) in [7, 11) is 0. The van der Waals surface area contributed by atoms with Crippen LogP contribution in [0.1, 0.15) is 53.1 Å². The monoisotopic (exact) mass is 677 g/mol. The van der Waals surface area contributed by atoms with Gasteiger partial charge in [-0.05, 0) is 103 Å². The van der Waals surface area contributed by atoms with E-state index in [0.29, 0.717) is 11.8 Å². The SMILES string of the molecule is CC1(C)c2ccccc2-c2ccc(N(c3ccc(-c4ccccc4)cc3)c3ccc4c(c3)C3(c5ccccc5-c5ccccc53)C3C=CC=CC43)cc21. The van der Waals surface area contributed by atoms with E-state index >= 15 is 0 Å². The number of anilines is 3. The van der Waals surface area contributed by atoms with Crippen LogP contribution in [0.2, 0.25) is 0 Å². The van der Waals surface area contributed by atoms with Gasteiger partial charge in [0, 0.05) is 34.3 Å². The first kappa shape index (κ1) is 30.4. The lowest BCUT2D eigenvalue weighted by Gasteiger charge is -2.36. The Labute approximate surface area is 312 Å².